The van der Waals surface area contributed by atoms with Crippen molar-refractivity contribution in [2.24, 2.45) is 11.7 Å². The van der Waals surface area contributed by atoms with Gasteiger partial charge < -0.3 is 10.5 Å². The number of hydrogen-bond donors (Lipinski definition) is 1. The minimum Gasteiger partial charge on any atom is -0.496 e. The van der Waals surface area contributed by atoms with Crippen molar-refractivity contribution in [2.45, 2.75) is 18.9 Å². The minimum atomic E-state index is 0.127. The van der Waals surface area contributed by atoms with E-state index in [1.165, 1.54) is 12.8 Å². The average Bonchev–Trinajstić information content (AvgIpc) is 3.00. The standard InChI is InChI=1S/C11H14BrNO/c1-14-10-5-4-8(12)6-9(10)11(13)7-2-3-7/h4-7,11H,2-3,13H2,1H3. The predicted molar refractivity (Wildman–Crippen MR) is 60.3 cm³/mol. The van der Waals surface area contributed by atoms with Gasteiger partial charge in [-0.3, -0.25) is 0 Å². The normalized spacial score (nSPS) is 17.9. The molecule has 0 aliphatic heterocycles. The van der Waals surface area contributed by atoms with Gasteiger partial charge in [0.15, 0.2) is 0 Å². The Morgan fingerprint density at radius 2 is 2.21 bits per heavy atom. The predicted octanol–water partition coefficient (Wildman–Crippen LogP) is 2.87. The highest BCUT2D eigenvalue weighted by atomic mass is 79.9. The lowest BCUT2D eigenvalue weighted by Crippen LogP contribution is -2.13. The summed E-state index contributed by atoms with van der Waals surface area (Å²) in [6.07, 6.45) is 2.49. The second kappa shape index (κ2) is 3.91. The van der Waals surface area contributed by atoms with Crippen LogP contribution in [0.4, 0.5) is 0 Å². The average molecular weight is 256 g/mol. The van der Waals surface area contributed by atoms with Crippen LogP contribution in [0.15, 0.2) is 22.7 Å². The first-order chi connectivity index (χ1) is 6.72. The Bertz CT molecular complexity index is 336. The van der Waals surface area contributed by atoms with Crippen LogP contribution in [-0.4, -0.2) is 7.11 Å². The summed E-state index contributed by atoms with van der Waals surface area (Å²) < 4.78 is 6.36. The molecule has 1 atom stereocenters. The van der Waals surface area contributed by atoms with E-state index in [1.54, 1.807) is 7.11 Å². The number of ether oxygens (including phenoxy) is 1. The van der Waals surface area contributed by atoms with Gasteiger partial charge >= 0.3 is 0 Å². The van der Waals surface area contributed by atoms with E-state index in [-0.39, 0.29) is 6.04 Å². The highest BCUT2D eigenvalue weighted by molar-refractivity contribution is 9.10. The molecule has 2 rings (SSSR count). The summed E-state index contributed by atoms with van der Waals surface area (Å²) in [6, 6.07) is 6.12. The summed E-state index contributed by atoms with van der Waals surface area (Å²) in [5.74, 6) is 1.55. The quantitative estimate of drug-likeness (QED) is 0.902. The maximum Gasteiger partial charge on any atom is 0.123 e. The van der Waals surface area contributed by atoms with Crippen molar-refractivity contribution in [2.75, 3.05) is 7.11 Å². The smallest absolute Gasteiger partial charge is 0.123 e. The molecule has 14 heavy (non-hydrogen) atoms. The lowest BCUT2D eigenvalue weighted by atomic mass is 10.0. The van der Waals surface area contributed by atoms with Gasteiger partial charge in [0, 0.05) is 16.1 Å². The molecular formula is C11H14BrNO. The first-order valence-electron chi connectivity index (χ1n) is 4.81. The Morgan fingerprint density at radius 3 is 2.79 bits per heavy atom. The third-order valence-corrected chi connectivity index (χ3v) is 3.17. The summed E-state index contributed by atoms with van der Waals surface area (Å²) in [5, 5.41) is 0. The fourth-order valence-corrected chi connectivity index (χ4v) is 2.05. The maximum atomic E-state index is 6.14. The molecule has 1 aliphatic carbocycles. The van der Waals surface area contributed by atoms with Gasteiger partial charge in [-0.15, -0.1) is 0 Å². The van der Waals surface area contributed by atoms with E-state index in [9.17, 15) is 0 Å². The molecule has 1 aliphatic rings. The molecule has 2 nitrogen and oxygen atoms in total. The van der Waals surface area contributed by atoms with Crippen LogP contribution in [0.25, 0.3) is 0 Å². The van der Waals surface area contributed by atoms with Gasteiger partial charge in [0.05, 0.1) is 7.11 Å². The molecule has 1 fully saturated rings. The second-order valence-electron chi connectivity index (χ2n) is 3.75. The van der Waals surface area contributed by atoms with Crippen LogP contribution >= 0.6 is 15.9 Å². The Hall–Kier alpha value is -0.540. The fourth-order valence-electron chi connectivity index (χ4n) is 1.67. The fraction of sp³-hybridized carbons (Fsp3) is 0.455. The molecule has 2 N–H and O–H groups in total. The number of benzene rings is 1. The molecular weight excluding hydrogens is 242 g/mol. The van der Waals surface area contributed by atoms with Crippen molar-refractivity contribution in [3.05, 3.63) is 28.2 Å². The Balaban J connectivity index is 2.32. The largest absolute Gasteiger partial charge is 0.496 e. The molecule has 0 spiro atoms. The van der Waals surface area contributed by atoms with Gasteiger partial charge in [-0.25, -0.2) is 0 Å². The highest BCUT2D eigenvalue weighted by Crippen LogP contribution is 2.42. The van der Waals surface area contributed by atoms with E-state index in [0.717, 1.165) is 15.8 Å². The van der Waals surface area contributed by atoms with Crippen LogP contribution in [0.2, 0.25) is 0 Å². The van der Waals surface area contributed by atoms with E-state index in [1.807, 2.05) is 12.1 Å². The number of methoxy groups -OCH3 is 1. The van der Waals surface area contributed by atoms with Crippen molar-refractivity contribution < 1.29 is 4.74 Å². The van der Waals surface area contributed by atoms with Crippen LogP contribution in [0.3, 0.4) is 0 Å². The van der Waals surface area contributed by atoms with Crippen molar-refractivity contribution in [3.8, 4) is 5.75 Å². The third-order valence-electron chi connectivity index (χ3n) is 2.68. The van der Waals surface area contributed by atoms with E-state index >= 15 is 0 Å². The Labute approximate surface area is 92.6 Å². The van der Waals surface area contributed by atoms with Crippen LogP contribution in [0.1, 0.15) is 24.4 Å². The highest BCUT2D eigenvalue weighted by Gasteiger charge is 2.31. The minimum absolute atomic E-state index is 0.127. The lowest BCUT2D eigenvalue weighted by Gasteiger charge is -2.15. The summed E-state index contributed by atoms with van der Waals surface area (Å²) in [5.41, 5.74) is 7.26. The zero-order chi connectivity index (χ0) is 10.1. The summed E-state index contributed by atoms with van der Waals surface area (Å²) in [6.45, 7) is 0. The van der Waals surface area contributed by atoms with Gasteiger partial charge in [-0.1, -0.05) is 15.9 Å². The lowest BCUT2D eigenvalue weighted by molar-refractivity contribution is 0.403. The first-order valence-corrected chi connectivity index (χ1v) is 5.60. The summed E-state index contributed by atoms with van der Waals surface area (Å²) >= 11 is 3.45. The van der Waals surface area contributed by atoms with E-state index in [2.05, 4.69) is 22.0 Å². The molecule has 3 heteroatoms. The molecule has 0 heterocycles. The molecule has 1 aromatic carbocycles. The Kier molecular flexibility index (Phi) is 2.79. The summed E-state index contributed by atoms with van der Waals surface area (Å²) in [7, 11) is 1.69. The summed E-state index contributed by atoms with van der Waals surface area (Å²) in [4.78, 5) is 0. The van der Waals surface area contributed by atoms with Crippen LogP contribution in [0.5, 0.6) is 5.75 Å². The molecule has 1 aromatic rings. The molecule has 1 saturated carbocycles. The number of hydrogen-bond acceptors (Lipinski definition) is 2. The number of nitrogens with two attached hydrogens (primary N) is 1. The van der Waals surface area contributed by atoms with Crippen molar-refractivity contribution in [3.63, 3.8) is 0 Å². The molecule has 0 saturated heterocycles. The molecule has 0 bridgehead atoms. The van der Waals surface area contributed by atoms with Gasteiger partial charge in [0.1, 0.15) is 5.75 Å². The van der Waals surface area contributed by atoms with Crippen LogP contribution < -0.4 is 10.5 Å². The topological polar surface area (TPSA) is 35.2 Å². The van der Waals surface area contributed by atoms with E-state index in [4.69, 9.17) is 10.5 Å². The van der Waals surface area contributed by atoms with Crippen LogP contribution in [0, 0.1) is 5.92 Å². The van der Waals surface area contributed by atoms with Gasteiger partial charge in [0.2, 0.25) is 0 Å². The Morgan fingerprint density at radius 1 is 1.50 bits per heavy atom. The molecule has 1 unspecified atom stereocenters. The van der Waals surface area contributed by atoms with E-state index in [0.29, 0.717) is 5.92 Å². The maximum absolute atomic E-state index is 6.14. The number of halogens is 1. The van der Waals surface area contributed by atoms with Crippen molar-refractivity contribution >= 4 is 15.9 Å². The monoisotopic (exact) mass is 255 g/mol. The van der Waals surface area contributed by atoms with Crippen LogP contribution in [-0.2, 0) is 0 Å². The third kappa shape index (κ3) is 1.93. The van der Waals surface area contributed by atoms with E-state index < -0.39 is 0 Å². The molecule has 0 amide bonds. The zero-order valence-corrected chi connectivity index (χ0v) is 9.75. The van der Waals surface area contributed by atoms with Gasteiger partial charge in [0.25, 0.3) is 0 Å². The molecule has 0 aromatic heterocycles. The van der Waals surface area contributed by atoms with Crippen molar-refractivity contribution in [1.82, 2.24) is 0 Å². The van der Waals surface area contributed by atoms with Crippen molar-refractivity contribution in [1.29, 1.82) is 0 Å². The second-order valence-corrected chi connectivity index (χ2v) is 4.67. The first kappa shape index (κ1) is 9.99. The SMILES string of the molecule is COc1ccc(Br)cc1C(N)C1CC1. The number of rotatable bonds is 3. The zero-order valence-electron chi connectivity index (χ0n) is 8.16. The molecule has 0 radical (unpaired) electrons. The van der Waals surface area contributed by atoms with Gasteiger partial charge in [-0.2, -0.15) is 0 Å². The molecule has 76 valence electrons. The van der Waals surface area contributed by atoms with Gasteiger partial charge in [-0.05, 0) is 37.0 Å².